The lowest BCUT2D eigenvalue weighted by Crippen LogP contribution is -2.24. The molecule has 1 N–H and O–H groups in total. The summed E-state index contributed by atoms with van der Waals surface area (Å²) < 4.78 is 0. The minimum atomic E-state index is 0.279. The van der Waals surface area contributed by atoms with E-state index >= 15 is 0 Å². The molecule has 21 heavy (non-hydrogen) atoms. The van der Waals surface area contributed by atoms with E-state index in [1.807, 2.05) is 0 Å². The lowest BCUT2D eigenvalue weighted by Gasteiger charge is -2.22. The molecule has 2 aromatic carbocycles. The molecule has 0 aliphatic carbocycles. The van der Waals surface area contributed by atoms with Crippen LogP contribution in [-0.2, 0) is 0 Å². The Morgan fingerprint density at radius 2 is 1.76 bits per heavy atom. The maximum Gasteiger partial charge on any atom is 0.0579 e. The average molecular weight is 299 g/mol. The summed E-state index contributed by atoms with van der Waals surface area (Å²) in [5.74, 6) is 0. The molecule has 112 valence electrons. The van der Waals surface area contributed by atoms with E-state index in [4.69, 9.17) is 0 Å². The van der Waals surface area contributed by atoms with E-state index in [-0.39, 0.29) is 6.04 Å². The van der Waals surface area contributed by atoms with Crippen LogP contribution in [-0.4, -0.2) is 12.8 Å². The van der Waals surface area contributed by atoms with Crippen LogP contribution in [0.4, 0.5) is 0 Å². The first-order chi connectivity index (χ1) is 10.2. The smallest absolute Gasteiger partial charge is 0.0579 e. The third kappa shape index (κ3) is 4.12. The Bertz CT molecular complexity index is 575. The van der Waals surface area contributed by atoms with Crippen LogP contribution in [0, 0.1) is 13.8 Å². The van der Waals surface area contributed by atoms with Crippen molar-refractivity contribution >= 4 is 11.8 Å². The number of rotatable bonds is 6. The predicted molar refractivity (Wildman–Crippen MR) is 94.3 cm³/mol. The second-order valence-electron chi connectivity index (χ2n) is 5.52. The highest BCUT2D eigenvalue weighted by Crippen LogP contribution is 2.27. The Hall–Kier alpha value is -1.25. The van der Waals surface area contributed by atoms with Gasteiger partial charge in [-0.3, -0.25) is 0 Å². The van der Waals surface area contributed by atoms with Gasteiger partial charge in [0.2, 0.25) is 0 Å². The normalized spacial score (nSPS) is 12.4. The van der Waals surface area contributed by atoms with Gasteiger partial charge in [0.25, 0.3) is 0 Å². The van der Waals surface area contributed by atoms with Gasteiger partial charge in [0, 0.05) is 4.90 Å². The van der Waals surface area contributed by atoms with Gasteiger partial charge >= 0.3 is 0 Å². The molecule has 2 rings (SSSR count). The minimum absolute atomic E-state index is 0.279. The Morgan fingerprint density at radius 1 is 1.05 bits per heavy atom. The summed E-state index contributed by atoms with van der Waals surface area (Å²) >= 11 is 1.79. The van der Waals surface area contributed by atoms with Gasteiger partial charge in [0.15, 0.2) is 0 Å². The molecule has 0 heterocycles. The fourth-order valence-electron chi connectivity index (χ4n) is 2.64. The third-order valence-electron chi connectivity index (χ3n) is 3.78. The van der Waals surface area contributed by atoms with E-state index < -0.39 is 0 Å². The van der Waals surface area contributed by atoms with Crippen molar-refractivity contribution in [2.45, 2.75) is 38.1 Å². The third-order valence-corrected chi connectivity index (χ3v) is 4.53. The van der Waals surface area contributed by atoms with Gasteiger partial charge in [-0.05, 0) is 61.9 Å². The van der Waals surface area contributed by atoms with Gasteiger partial charge in [-0.1, -0.05) is 42.8 Å². The maximum absolute atomic E-state index is 3.69. The zero-order valence-electron chi connectivity index (χ0n) is 13.4. The molecule has 0 aromatic heterocycles. The zero-order valence-corrected chi connectivity index (χ0v) is 14.3. The molecule has 0 aliphatic heterocycles. The average Bonchev–Trinajstić information content (AvgIpc) is 2.50. The molecule has 2 aromatic rings. The summed E-state index contributed by atoms with van der Waals surface area (Å²) in [6.45, 7) is 7.60. The van der Waals surface area contributed by atoms with Crippen molar-refractivity contribution in [3.05, 3.63) is 64.7 Å². The molecule has 0 bridgehead atoms. The van der Waals surface area contributed by atoms with Gasteiger partial charge < -0.3 is 5.32 Å². The fraction of sp³-hybridized carbons (Fsp3) is 0.368. The molecule has 1 atom stereocenters. The molecule has 2 heteroatoms. The van der Waals surface area contributed by atoms with E-state index in [0.717, 1.165) is 13.0 Å². The number of thioether (sulfide) groups is 1. The Morgan fingerprint density at radius 3 is 2.33 bits per heavy atom. The van der Waals surface area contributed by atoms with E-state index in [0.29, 0.717) is 0 Å². The molecular formula is C19H25NS. The molecule has 0 spiro atoms. The maximum atomic E-state index is 3.69. The Labute approximate surface area is 133 Å². The Kier molecular flexibility index (Phi) is 5.89. The van der Waals surface area contributed by atoms with Crippen molar-refractivity contribution in [1.82, 2.24) is 5.32 Å². The van der Waals surface area contributed by atoms with E-state index in [9.17, 15) is 0 Å². The first kappa shape index (κ1) is 16.1. The van der Waals surface area contributed by atoms with Crippen LogP contribution in [0.2, 0.25) is 0 Å². The summed E-state index contributed by atoms with van der Waals surface area (Å²) in [6.07, 6.45) is 3.26. The van der Waals surface area contributed by atoms with Crippen molar-refractivity contribution < 1.29 is 0 Å². The van der Waals surface area contributed by atoms with E-state index in [1.54, 1.807) is 11.8 Å². The van der Waals surface area contributed by atoms with Gasteiger partial charge in [-0.25, -0.2) is 0 Å². The van der Waals surface area contributed by atoms with Gasteiger partial charge in [0.1, 0.15) is 0 Å². The van der Waals surface area contributed by atoms with Crippen LogP contribution < -0.4 is 5.32 Å². The molecule has 1 unspecified atom stereocenters. The molecule has 0 saturated heterocycles. The summed E-state index contributed by atoms with van der Waals surface area (Å²) in [4.78, 5) is 1.31. The summed E-state index contributed by atoms with van der Waals surface area (Å²) in [5, 5.41) is 3.69. The quantitative estimate of drug-likeness (QED) is 0.743. The first-order valence-corrected chi connectivity index (χ1v) is 8.82. The molecule has 0 radical (unpaired) electrons. The van der Waals surface area contributed by atoms with Crippen molar-refractivity contribution in [2.75, 3.05) is 12.8 Å². The van der Waals surface area contributed by atoms with E-state index in [2.05, 4.69) is 74.8 Å². The fourth-order valence-corrected chi connectivity index (χ4v) is 3.05. The molecule has 1 nitrogen and oxygen atoms in total. The van der Waals surface area contributed by atoms with Crippen molar-refractivity contribution in [3.8, 4) is 0 Å². The number of aryl methyl sites for hydroxylation is 2. The molecule has 0 fully saturated rings. The summed E-state index contributed by atoms with van der Waals surface area (Å²) in [7, 11) is 0. The topological polar surface area (TPSA) is 12.0 Å². The van der Waals surface area contributed by atoms with Crippen LogP contribution >= 0.6 is 11.8 Å². The minimum Gasteiger partial charge on any atom is -0.306 e. The highest BCUT2D eigenvalue weighted by molar-refractivity contribution is 7.98. The number of hydrogen-bond donors (Lipinski definition) is 1. The monoisotopic (exact) mass is 299 g/mol. The largest absolute Gasteiger partial charge is 0.306 e. The second kappa shape index (κ2) is 7.67. The van der Waals surface area contributed by atoms with Crippen LogP contribution in [0.5, 0.6) is 0 Å². The van der Waals surface area contributed by atoms with E-state index in [1.165, 1.54) is 27.1 Å². The van der Waals surface area contributed by atoms with Gasteiger partial charge in [-0.15, -0.1) is 11.8 Å². The van der Waals surface area contributed by atoms with Crippen molar-refractivity contribution in [1.29, 1.82) is 0 Å². The van der Waals surface area contributed by atoms with Gasteiger partial charge in [-0.2, -0.15) is 0 Å². The van der Waals surface area contributed by atoms with Crippen molar-refractivity contribution in [2.24, 2.45) is 0 Å². The standard InChI is InChI=1S/C19H25NS/c1-5-12-20-19(16-7-9-17(21-4)10-8-16)18-11-6-14(2)13-15(18)3/h6-11,13,19-20H,5,12H2,1-4H3. The van der Waals surface area contributed by atoms with Crippen LogP contribution in [0.25, 0.3) is 0 Å². The highest BCUT2D eigenvalue weighted by atomic mass is 32.2. The molecular weight excluding hydrogens is 274 g/mol. The zero-order chi connectivity index (χ0) is 15.2. The van der Waals surface area contributed by atoms with Crippen LogP contribution in [0.15, 0.2) is 47.4 Å². The molecule has 0 amide bonds. The number of nitrogens with one attached hydrogen (secondary N) is 1. The van der Waals surface area contributed by atoms with Crippen molar-refractivity contribution in [3.63, 3.8) is 0 Å². The second-order valence-corrected chi connectivity index (χ2v) is 6.40. The SMILES string of the molecule is CCCNC(c1ccc(SC)cc1)c1ccc(C)cc1C. The lowest BCUT2D eigenvalue weighted by atomic mass is 9.94. The highest BCUT2D eigenvalue weighted by Gasteiger charge is 2.15. The first-order valence-electron chi connectivity index (χ1n) is 7.60. The summed E-state index contributed by atoms with van der Waals surface area (Å²) in [6, 6.07) is 15.9. The van der Waals surface area contributed by atoms with Crippen LogP contribution in [0.1, 0.15) is 41.6 Å². The molecule has 0 aliphatic rings. The number of benzene rings is 2. The molecule has 0 saturated carbocycles. The van der Waals surface area contributed by atoms with Gasteiger partial charge in [0.05, 0.1) is 6.04 Å². The van der Waals surface area contributed by atoms with Crippen LogP contribution in [0.3, 0.4) is 0 Å². The lowest BCUT2D eigenvalue weighted by molar-refractivity contribution is 0.596. The number of hydrogen-bond acceptors (Lipinski definition) is 2. The predicted octanol–water partition coefficient (Wildman–Crippen LogP) is 5.11. The summed E-state index contributed by atoms with van der Waals surface area (Å²) in [5.41, 5.74) is 5.40. The Balaban J connectivity index is 2.36.